The van der Waals surface area contributed by atoms with Crippen LogP contribution in [-0.2, 0) is 42.6 Å². The Morgan fingerprint density at radius 3 is 1.00 bits per heavy atom. The van der Waals surface area contributed by atoms with E-state index in [0.29, 0.717) is 19.5 Å². The van der Waals surface area contributed by atoms with Gasteiger partial charge in [0.2, 0.25) is 0 Å². The van der Waals surface area contributed by atoms with E-state index in [1.807, 2.05) is 0 Å². The second-order valence-electron chi connectivity index (χ2n) is 9.33. The second-order valence-corrected chi connectivity index (χ2v) is 14.7. The molecular formula is C34H49BLiNaO22S5-. The predicted octanol–water partition coefficient (Wildman–Crippen LogP) is -2.19. The number of carboxylic acid groups (broad SMARTS) is 3. The Kier molecular flexibility index (Phi) is 56.7. The number of hydrogen-bond donors (Lipinski definition) is 9. The van der Waals surface area contributed by atoms with E-state index in [1.165, 1.54) is 75.8 Å². The molecule has 10 N–H and O–H groups in total. The Balaban J connectivity index is -0.0000000817. The minimum absolute atomic E-state index is 0. The van der Waals surface area contributed by atoms with E-state index in [1.54, 1.807) is 18.2 Å². The van der Waals surface area contributed by atoms with Gasteiger partial charge in [-0.2, -0.15) is 8.42 Å². The van der Waals surface area contributed by atoms with Crippen LogP contribution in [0.15, 0.2) is 48.5 Å². The molecule has 1 saturated heterocycles. The minimum atomic E-state index is -4.67. The van der Waals surface area contributed by atoms with Crippen LogP contribution >= 0.6 is 45.3 Å². The van der Waals surface area contributed by atoms with E-state index >= 15 is 0 Å². The number of carbonyl (C=O) groups is 6. The third-order valence-corrected chi connectivity index (χ3v) is 9.68. The average molecular weight is 1010 g/mol. The first-order valence-corrected chi connectivity index (χ1v) is 20.2. The molecule has 4 aromatic heterocycles. The quantitative estimate of drug-likeness (QED) is 0.0297. The van der Waals surface area contributed by atoms with Crippen molar-refractivity contribution in [3.8, 4) is 0 Å². The van der Waals surface area contributed by atoms with E-state index < -0.39 is 40.2 Å². The third-order valence-electron chi connectivity index (χ3n) is 5.47. The van der Waals surface area contributed by atoms with Gasteiger partial charge in [0, 0.05) is 45.6 Å². The van der Waals surface area contributed by atoms with Crippen molar-refractivity contribution in [2.75, 3.05) is 48.8 Å². The van der Waals surface area contributed by atoms with Gasteiger partial charge in [0.1, 0.15) is 29.3 Å². The molecule has 0 spiro atoms. The van der Waals surface area contributed by atoms with Gasteiger partial charge in [0.15, 0.2) is 0 Å². The van der Waals surface area contributed by atoms with Crippen LogP contribution in [0.25, 0.3) is 0 Å². The zero-order valence-electron chi connectivity index (χ0n) is 36.9. The van der Waals surface area contributed by atoms with Crippen LogP contribution in [-0.4, -0.2) is 152 Å². The maximum atomic E-state index is 11.0. The van der Waals surface area contributed by atoms with Crippen LogP contribution in [0.4, 0.5) is 0 Å². The molecular weight excluding hydrogens is 961 g/mol. The number of methoxy groups -OCH3 is 3. The van der Waals surface area contributed by atoms with E-state index in [-0.39, 0.29) is 105 Å². The molecule has 1 fully saturated rings. The molecule has 3 radical (unpaired) electrons. The van der Waals surface area contributed by atoms with Gasteiger partial charge in [0.25, 0.3) is 0 Å². The van der Waals surface area contributed by atoms with Crippen LogP contribution < -0.4 is 48.4 Å². The van der Waals surface area contributed by atoms with Gasteiger partial charge in [-0.3, -0.25) is 9.11 Å². The first kappa shape index (κ1) is 78.1. The molecule has 5 heterocycles. The molecule has 0 bridgehead atoms. The number of ether oxygens (including phenoxy) is 4. The topological polar surface area (TPSA) is 386 Å². The van der Waals surface area contributed by atoms with Crippen molar-refractivity contribution in [3.63, 3.8) is 0 Å². The Labute approximate surface area is 422 Å². The van der Waals surface area contributed by atoms with Crippen molar-refractivity contribution in [2.24, 2.45) is 0 Å². The molecule has 64 heavy (non-hydrogen) atoms. The Bertz CT molecular complexity index is 1880. The molecule has 0 atom stereocenters. The number of carbonyl (C=O) groups excluding carboxylic acids is 3. The molecule has 0 unspecified atom stereocenters. The summed E-state index contributed by atoms with van der Waals surface area (Å²) in [7, 11) is 1.25. The molecule has 4 aromatic rings. The summed E-state index contributed by atoms with van der Waals surface area (Å²) in [6.45, 7) is 1.89. The van der Waals surface area contributed by atoms with Gasteiger partial charge in [-0.25, -0.2) is 28.8 Å². The summed E-state index contributed by atoms with van der Waals surface area (Å²) in [6.07, 6.45) is 2.56. The van der Waals surface area contributed by atoms with E-state index in [9.17, 15) is 28.8 Å². The molecule has 0 aliphatic carbocycles. The molecule has 353 valence electrons. The molecule has 30 heteroatoms. The van der Waals surface area contributed by atoms with E-state index in [0.717, 1.165) is 66.3 Å². The third kappa shape index (κ3) is 38.2. The van der Waals surface area contributed by atoms with Gasteiger partial charge in [0.05, 0.1) is 34.5 Å². The normalized spacial score (nSPS) is 9.67. The zero-order valence-corrected chi connectivity index (χ0v) is 41.9. The summed E-state index contributed by atoms with van der Waals surface area (Å²) in [4.78, 5) is 66.7. The standard InChI is InChI=1S/C8H8O4S.C7H8O3S.C6H4O4S.C6H6O3S.C4H8O.2CH4O.CH3.B.Li.Na.H2O4S.H2O.H/c1-11-7(9)5-3-4-6(13-5)8(10)12-2;1-10-7(9)6-3-2-5(4-8)11-6;7-5(8)3-1-2-4(11-3)6(9)10;7-3-4-1-2-5(10-4)6(8)9;1-2-4-5-3-1;2*1-2;;;;;1-5(2,3)4;;/h3-4H,1-2H3;2-3,8H,4H2,1H3;1-2H,(H,7,8)(H,9,10);1-2,7H,3H2,(H,8,9);1-4H2;2*2H,1H3;1H3;;;;(H2,1,2,3,4);1H2;/q;;;;;;;-1;;2*+1;;;-1/p-1. The Hall–Kier alpha value is -3.09. The summed E-state index contributed by atoms with van der Waals surface area (Å²) >= 11 is 4.13. The first-order chi connectivity index (χ1) is 27.8. The van der Waals surface area contributed by atoms with Crippen molar-refractivity contribution in [2.45, 2.75) is 26.1 Å². The van der Waals surface area contributed by atoms with Gasteiger partial charge < -0.3 is 69.0 Å². The number of esters is 3. The summed E-state index contributed by atoms with van der Waals surface area (Å²) in [5, 5.41) is 56.4. The number of rotatable bonds is 8. The molecule has 0 aromatic carbocycles. The zero-order chi connectivity index (χ0) is 46.1. The number of aromatic carboxylic acids is 3. The van der Waals surface area contributed by atoms with Crippen LogP contribution in [0.2, 0.25) is 0 Å². The fourth-order valence-corrected chi connectivity index (χ4v) is 6.11. The second kappa shape index (κ2) is 46.4. The monoisotopic (exact) mass is 1010 g/mol. The van der Waals surface area contributed by atoms with Crippen molar-refractivity contribution in [1.29, 1.82) is 0 Å². The van der Waals surface area contributed by atoms with Crippen molar-refractivity contribution in [3.05, 3.63) is 95.0 Å². The average Bonchev–Trinajstić information content (AvgIpc) is 4.08. The molecule has 0 amide bonds. The summed E-state index contributed by atoms with van der Waals surface area (Å²) in [6, 6.07) is 12.0. The van der Waals surface area contributed by atoms with Gasteiger partial charge in [-0.1, -0.05) is 0 Å². The summed E-state index contributed by atoms with van der Waals surface area (Å²) < 4.78 is 50.0. The van der Waals surface area contributed by atoms with Crippen LogP contribution in [0.1, 0.15) is 82.1 Å². The van der Waals surface area contributed by atoms with Crippen LogP contribution in [0, 0.1) is 7.43 Å². The van der Waals surface area contributed by atoms with E-state index in [4.69, 9.17) is 58.0 Å². The Morgan fingerprint density at radius 2 is 0.797 bits per heavy atom. The SMILES string of the molecule is C1CCOC1.CO.CO.COC(=O)c1ccc(C(=O)OC)s1.COC(=O)c1ccc(CO)s1.O=C(O)c1ccc(C(=O)O)s1.O=C(O)c1ccc(CO)s1.O=S(=O)(O)O.[B].[CH3-].[H-].[Li+].[Na+].[OH-]. The fourth-order valence-electron chi connectivity index (χ4n) is 3.09. The smallest absolute Gasteiger partial charge is 1.00 e. The van der Waals surface area contributed by atoms with Crippen molar-refractivity contribution < 1.29 is 156 Å². The predicted molar refractivity (Wildman–Crippen MR) is 230 cm³/mol. The number of aliphatic hydroxyl groups is 4. The first-order valence-electron chi connectivity index (χ1n) is 15.5. The van der Waals surface area contributed by atoms with Crippen LogP contribution in [0.3, 0.4) is 0 Å². The summed E-state index contributed by atoms with van der Waals surface area (Å²) in [5.41, 5.74) is 0. The van der Waals surface area contributed by atoms with Crippen molar-refractivity contribution >= 4 is 100.0 Å². The molecule has 5 rings (SSSR count). The summed E-state index contributed by atoms with van der Waals surface area (Å²) in [5.74, 6) is -4.37. The van der Waals surface area contributed by atoms with Gasteiger partial charge in [-0.15, -0.1) is 45.3 Å². The van der Waals surface area contributed by atoms with Crippen molar-refractivity contribution in [1.82, 2.24) is 0 Å². The maximum Gasteiger partial charge on any atom is 1.00 e. The molecule has 1 aliphatic rings. The number of carboxylic acids is 3. The Morgan fingerprint density at radius 1 is 0.578 bits per heavy atom. The number of thiophene rings is 4. The van der Waals surface area contributed by atoms with Gasteiger partial charge >= 0.3 is 94.6 Å². The molecule has 22 nitrogen and oxygen atoms in total. The number of hydrogen-bond acceptors (Lipinski definition) is 21. The fraction of sp³-hybridized carbons (Fsp3) is 0.324. The molecule has 0 saturated carbocycles. The maximum absolute atomic E-state index is 11.0. The number of aliphatic hydroxyl groups excluding tert-OH is 4. The minimum Gasteiger partial charge on any atom is -1.00 e. The largest absolute Gasteiger partial charge is 1.00 e. The van der Waals surface area contributed by atoms with Gasteiger partial charge in [-0.05, 0) is 61.4 Å². The van der Waals surface area contributed by atoms with E-state index in [2.05, 4.69) is 14.2 Å². The van der Waals surface area contributed by atoms with Crippen LogP contribution in [0.5, 0.6) is 0 Å². The molecule has 1 aliphatic heterocycles.